The number of pyridine rings is 1. The van der Waals surface area contributed by atoms with E-state index >= 15 is 0 Å². The van der Waals surface area contributed by atoms with Crippen molar-refractivity contribution in [3.05, 3.63) is 47.4 Å². The van der Waals surface area contributed by atoms with Crippen molar-refractivity contribution < 1.29 is 28.2 Å². The lowest BCUT2D eigenvalue weighted by Gasteiger charge is -2.27. The molecule has 0 saturated heterocycles. The van der Waals surface area contributed by atoms with Crippen molar-refractivity contribution in [3.8, 4) is 11.6 Å². The van der Waals surface area contributed by atoms with Gasteiger partial charge in [-0.05, 0) is 43.9 Å². The van der Waals surface area contributed by atoms with Crippen molar-refractivity contribution in [2.75, 3.05) is 24.9 Å². The van der Waals surface area contributed by atoms with E-state index in [1.807, 2.05) is 0 Å². The number of methoxy groups -OCH3 is 2. The highest BCUT2D eigenvalue weighted by Gasteiger charge is 2.28. The number of halogens is 1. The highest BCUT2D eigenvalue weighted by Crippen LogP contribution is 2.34. The lowest BCUT2D eigenvalue weighted by Crippen LogP contribution is -2.28. The number of nitrogens with zero attached hydrogens (tertiary/aromatic N) is 3. The van der Waals surface area contributed by atoms with Crippen LogP contribution in [0.1, 0.15) is 36.4 Å². The Balaban J connectivity index is 1.30. The maximum Gasteiger partial charge on any atom is 0.320 e. The van der Waals surface area contributed by atoms with Crippen LogP contribution in [0.4, 0.5) is 17.4 Å². The van der Waals surface area contributed by atoms with Crippen LogP contribution in [0.15, 0.2) is 40.9 Å². The fourth-order valence-electron chi connectivity index (χ4n) is 3.76. The van der Waals surface area contributed by atoms with Crippen LogP contribution in [0.5, 0.6) is 11.6 Å². The molecule has 4 rings (SSSR count). The Morgan fingerprint density at radius 3 is 2.57 bits per heavy atom. The van der Waals surface area contributed by atoms with Crippen molar-refractivity contribution in [1.82, 2.24) is 15.2 Å². The summed E-state index contributed by atoms with van der Waals surface area (Å²) < 4.78 is 21.4. The van der Waals surface area contributed by atoms with Gasteiger partial charge in [-0.25, -0.2) is 4.98 Å². The third-order valence-corrected chi connectivity index (χ3v) is 5.82. The standard InChI is InChI=1S/C23H24ClN5O6/c1-32-19-16(24)4-3-5-17(19)27-23-29-28-21(35-23)20(30)26-14-8-11-18(25-12-14)34-15-9-6-13(7-10-15)22(31)33-2/h3-5,8,11-13,15H,6-7,9-10H2,1-2H3,(H,26,30)(H,27,29). The summed E-state index contributed by atoms with van der Waals surface area (Å²) in [6.07, 6.45) is 4.38. The summed E-state index contributed by atoms with van der Waals surface area (Å²) in [5, 5.41) is 13.5. The van der Waals surface area contributed by atoms with Crippen LogP contribution in [-0.4, -0.2) is 47.4 Å². The van der Waals surface area contributed by atoms with Gasteiger partial charge in [0.05, 0.1) is 42.7 Å². The zero-order chi connectivity index (χ0) is 24.8. The first-order valence-corrected chi connectivity index (χ1v) is 11.3. The molecule has 0 bridgehead atoms. The first kappa shape index (κ1) is 24.3. The normalized spacial score (nSPS) is 17.3. The van der Waals surface area contributed by atoms with Gasteiger partial charge in [-0.1, -0.05) is 22.8 Å². The van der Waals surface area contributed by atoms with Gasteiger partial charge < -0.3 is 29.3 Å². The van der Waals surface area contributed by atoms with Gasteiger partial charge in [0, 0.05) is 6.07 Å². The van der Waals surface area contributed by atoms with Gasteiger partial charge in [-0.15, -0.1) is 5.10 Å². The Hall–Kier alpha value is -3.86. The van der Waals surface area contributed by atoms with Crippen LogP contribution >= 0.6 is 11.6 Å². The fraction of sp³-hybridized carbons (Fsp3) is 0.348. The number of carbonyl (C=O) groups excluding carboxylic acids is 2. The summed E-state index contributed by atoms with van der Waals surface area (Å²) in [5.74, 6) is -0.239. The molecule has 3 aromatic rings. The summed E-state index contributed by atoms with van der Waals surface area (Å²) in [4.78, 5) is 28.4. The van der Waals surface area contributed by atoms with E-state index in [1.165, 1.54) is 20.4 Å². The Labute approximate surface area is 206 Å². The first-order valence-electron chi connectivity index (χ1n) is 10.9. The van der Waals surface area contributed by atoms with Gasteiger partial charge in [0.25, 0.3) is 0 Å². The lowest BCUT2D eigenvalue weighted by molar-refractivity contribution is -0.147. The number of hydrogen-bond acceptors (Lipinski definition) is 10. The van der Waals surface area contributed by atoms with Crippen molar-refractivity contribution in [3.63, 3.8) is 0 Å². The molecular weight excluding hydrogens is 478 g/mol. The number of rotatable bonds is 8. The van der Waals surface area contributed by atoms with E-state index in [2.05, 4.69) is 25.8 Å². The molecule has 0 unspecified atom stereocenters. The van der Waals surface area contributed by atoms with E-state index in [0.29, 0.717) is 28.0 Å². The third kappa shape index (κ3) is 5.99. The molecule has 11 nitrogen and oxygen atoms in total. The van der Waals surface area contributed by atoms with Crippen LogP contribution in [0, 0.1) is 5.92 Å². The summed E-state index contributed by atoms with van der Waals surface area (Å²) >= 11 is 6.10. The predicted octanol–water partition coefficient (Wildman–Crippen LogP) is 4.23. The molecule has 1 aliphatic carbocycles. The summed E-state index contributed by atoms with van der Waals surface area (Å²) in [6.45, 7) is 0. The molecule has 35 heavy (non-hydrogen) atoms. The molecule has 2 N–H and O–H groups in total. The molecule has 12 heteroatoms. The first-order chi connectivity index (χ1) is 17.0. The van der Waals surface area contributed by atoms with Gasteiger partial charge in [0.15, 0.2) is 5.75 Å². The average molecular weight is 502 g/mol. The van der Waals surface area contributed by atoms with Crippen molar-refractivity contribution >= 4 is 40.9 Å². The smallest absolute Gasteiger partial charge is 0.320 e. The number of benzene rings is 1. The third-order valence-electron chi connectivity index (χ3n) is 5.52. The molecule has 0 atom stereocenters. The number of amides is 1. The summed E-state index contributed by atoms with van der Waals surface area (Å²) in [6, 6.07) is 8.44. The van der Waals surface area contributed by atoms with Crippen LogP contribution in [0.3, 0.4) is 0 Å². The zero-order valence-electron chi connectivity index (χ0n) is 19.1. The molecule has 2 heterocycles. The maximum absolute atomic E-state index is 12.5. The molecule has 1 fully saturated rings. The monoisotopic (exact) mass is 501 g/mol. The Bertz CT molecular complexity index is 1180. The molecule has 1 saturated carbocycles. The maximum atomic E-state index is 12.5. The van der Waals surface area contributed by atoms with Crippen LogP contribution in [-0.2, 0) is 9.53 Å². The second kappa shape index (κ2) is 11.0. The van der Waals surface area contributed by atoms with E-state index in [1.54, 1.807) is 30.3 Å². The number of esters is 1. The quantitative estimate of drug-likeness (QED) is 0.431. The molecule has 1 aromatic carbocycles. The molecule has 0 spiro atoms. The van der Waals surface area contributed by atoms with Gasteiger partial charge in [0.1, 0.15) is 6.10 Å². The molecule has 184 valence electrons. The second-order valence-electron chi connectivity index (χ2n) is 7.81. The van der Waals surface area contributed by atoms with Gasteiger partial charge >= 0.3 is 23.8 Å². The van der Waals surface area contributed by atoms with E-state index in [-0.39, 0.29) is 29.9 Å². The SMILES string of the molecule is COC(=O)C1CCC(Oc2ccc(NC(=O)c3nnc(Nc4cccc(Cl)c4OC)o3)cn2)CC1. The number of aromatic nitrogens is 3. The highest BCUT2D eigenvalue weighted by molar-refractivity contribution is 6.32. The zero-order valence-corrected chi connectivity index (χ0v) is 19.9. The average Bonchev–Trinajstić information content (AvgIpc) is 3.34. The van der Waals surface area contributed by atoms with E-state index < -0.39 is 5.91 Å². The predicted molar refractivity (Wildman–Crippen MR) is 126 cm³/mol. The topological polar surface area (TPSA) is 138 Å². The number of anilines is 3. The number of para-hydroxylation sites is 1. The van der Waals surface area contributed by atoms with Crippen LogP contribution in [0.25, 0.3) is 0 Å². The van der Waals surface area contributed by atoms with E-state index in [0.717, 1.165) is 25.7 Å². The van der Waals surface area contributed by atoms with Crippen LogP contribution in [0.2, 0.25) is 5.02 Å². The van der Waals surface area contributed by atoms with Gasteiger partial charge in [-0.3, -0.25) is 9.59 Å². The molecule has 0 radical (unpaired) electrons. The minimum absolute atomic E-state index is 0.000454. The highest BCUT2D eigenvalue weighted by atomic mass is 35.5. The lowest BCUT2D eigenvalue weighted by atomic mass is 9.87. The number of hydrogen-bond donors (Lipinski definition) is 2. The largest absolute Gasteiger partial charge is 0.493 e. The molecule has 2 aromatic heterocycles. The van der Waals surface area contributed by atoms with Crippen molar-refractivity contribution in [2.24, 2.45) is 5.92 Å². The Kier molecular flexibility index (Phi) is 7.66. The summed E-state index contributed by atoms with van der Waals surface area (Å²) in [7, 11) is 2.89. The Morgan fingerprint density at radius 2 is 1.89 bits per heavy atom. The molecular formula is C23H24ClN5O6. The van der Waals surface area contributed by atoms with Gasteiger partial charge in [0.2, 0.25) is 5.88 Å². The number of ether oxygens (including phenoxy) is 3. The molecule has 0 aliphatic heterocycles. The second-order valence-corrected chi connectivity index (χ2v) is 8.22. The number of nitrogens with one attached hydrogen (secondary N) is 2. The molecule has 1 aliphatic rings. The van der Waals surface area contributed by atoms with Crippen LogP contribution < -0.4 is 20.1 Å². The van der Waals surface area contributed by atoms with Gasteiger partial charge in [-0.2, -0.15) is 0 Å². The fourth-order valence-corrected chi connectivity index (χ4v) is 4.01. The Morgan fingerprint density at radius 1 is 1.09 bits per heavy atom. The van der Waals surface area contributed by atoms with Crippen molar-refractivity contribution in [1.29, 1.82) is 0 Å². The minimum atomic E-state index is -0.597. The van der Waals surface area contributed by atoms with E-state index in [4.69, 9.17) is 30.2 Å². The minimum Gasteiger partial charge on any atom is -0.493 e. The molecule has 1 amide bonds. The van der Waals surface area contributed by atoms with E-state index in [9.17, 15) is 9.59 Å². The van der Waals surface area contributed by atoms with Crippen molar-refractivity contribution in [2.45, 2.75) is 31.8 Å². The summed E-state index contributed by atoms with van der Waals surface area (Å²) in [5.41, 5.74) is 0.940. The number of carbonyl (C=O) groups is 2.